The van der Waals surface area contributed by atoms with Gasteiger partial charge in [0.2, 0.25) is 11.8 Å². The molecule has 2 fully saturated rings. The highest BCUT2D eigenvalue weighted by molar-refractivity contribution is 5.89. The zero-order chi connectivity index (χ0) is 19.6. The SMILES string of the molecule is CC1CCC2(CC1)OC[C@H](C(=O)N[C@H](C)c1ccccc1)N2C(=O)C(C)C. The Kier molecular flexibility index (Phi) is 5.89. The molecule has 1 aliphatic heterocycles. The van der Waals surface area contributed by atoms with Gasteiger partial charge in [-0.3, -0.25) is 14.5 Å². The van der Waals surface area contributed by atoms with Gasteiger partial charge >= 0.3 is 0 Å². The normalized spacial score (nSPS) is 29.1. The zero-order valence-electron chi connectivity index (χ0n) is 16.9. The van der Waals surface area contributed by atoms with Crippen LogP contribution < -0.4 is 5.32 Å². The maximum atomic E-state index is 13.1. The Hall–Kier alpha value is -1.88. The van der Waals surface area contributed by atoms with Crippen LogP contribution in [0.5, 0.6) is 0 Å². The van der Waals surface area contributed by atoms with Gasteiger partial charge in [-0.05, 0) is 44.1 Å². The van der Waals surface area contributed by atoms with Crippen LogP contribution in [0.1, 0.15) is 65.0 Å². The van der Waals surface area contributed by atoms with Crippen molar-refractivity contribution in [2.75, 3.05) is 6.61 Å². The summed E-state index contributed by atoms with van der Waals surface area (Å²) in [5, 5.41) is 3.08. The predicted octanol–water partition coefficient (Wildman–Crippen LogP) is 3.65. The fourth-order valence-corrected chi connectivity index (χ4v) is 4.22. The fourth-order valence-electron chi connectivity index (χ4n) is 4.22. The lowest BCUT2D eigenvalue weighted by atomic mass is 9.83. The average Bonchev–Trinajstić information content (AvgIpc) is 3.03. The number of benzene rings is 1. The van der Waals surface area contributed by atoms with E-state index in [4.69, 9.17) is 4.74 Å². The van der Waals surface area contributed by atoms with Crippen LogP contribution in [0, 0.1) is 11.8 Å². The number of ether oxygens (including phenoxy) is 1. The molecule has 5 nitrogen and oxygen atoms in total. The average molecular weight is 373 g/mol. The topological polar surface area (TPSA) is 58.6 Å². The first-order valence-electron chi connectivity index (χ1n) is 10.2. The first kappa shape index (κ1) is 19.9. The first-order chi connectivity index (χ1) is 12.8. The second-order valence-electron chi connectivity index (χ2n) is 8.46. The summed E-state index contributed by atoms with van der Waals surface area (Å²) in [6.07, 6.45) is 3.67. The van der Waals surface area contributed by atoms with E-state index >= 15 is 0 Å². The number of hydrogen-bond acceptors (Lipinski definition) is 3. The Morgan fingerprint density at radius 2 is 1.78 bits per heavy atom. The lowest BCUT2D eigenvalue weighted by molar-refractivity contribution is -0.164. The molecule has 0 radical (unpaired) electrons. The van der Waals surface area contributed by atoms with Gasteiger partial charge in [0.25, 0.3) is 0 Å². The molecule has 1 heterocycles. The van der Waals surface area contributed by atoms with E-state index in [2.05, 4.69) is 12.2 Å². The van der Waals surface area contributed by atoms with Crippen molar-refractivity contribution >= 4 is 11.8 Å². The standard InChI is InChI=1S/C22H32N2O3/c1-15(2)21(26)24-19(14-27-22(24)12-10-16(3)11-13-22)20(25)23-17(4)18-8-6-5-7-9-18/h5-9,15-17,19H,10-14H2,1-4H3,(H,23,25)/t16?,17-,19-,22?/m1/s1. The molecule has 1 N–H and O–H groups in total. The van der Waals surface area contributed by atoms with Gasteiger partial charge in [0.1, 0.15) is 11.8 Å². The lowest BCUT2D eigenvalue weighted by Gasteiger charge is -2.43. The van der Waals surface area contributed by atoms with E-state index in [1.807, 2.05) is 51.1 Å². The van der Waals surface area contributed by atoms with Crippen LogP contribution in [0.15, 0.2) is 30.3 Å². The monoisotopic (exact) mass is 372 g/mol. The van der Waals surface area contributed by atoms with E-state index in [9.17, 15) is 9.59 Å². The van der Waals surface area contributed by atoms with E-state index in [1.54, 1.807) is 4.90 Å². The zero-order valence-corrected chi connectivity index (χ0v) is 16.9. The number of hydrogen-bond donors (Lipinski definition) is 1. The van der Waals surface area contributed by atoms with Gasteiger partial charge in [-0.2, -0.15) is 0 Å². The van der Waals surface area contributed by atoms with E-state index in [0.717, 1.165) is 31.2 Å². The van der Waals surface area contributed by atoms with Crippen molar-refractivity contribution in [1.29, 1.82) is 0 Å². The first-order valence-corrected chi connectivity index (χ1v) is 10.2. The highest BCUT2D eigenvalue weighted by atomic mass is 16.5. The third-order valence-corrected chi connectivity index (χ3v) is 6.01. The number of amides is 2. The minimum absolute atomic E-state index is 0.00886. The molecule has 148 valence electrons. The summed E-state index contributed by atoms with van der Waals surface area (Å²) in [6.45, 7) is 8.26. The Morgan fingerprint density at radius 3 is 2.37 bits per heavy atom. The molecule has 2 amide bonds. The van der Waals surface area contributed by atoms with Crippen molar-refractivity contribution in [3.8, 4) is 0 Å². The second-order valence-corrected chi connectivity index (χ2v) is 8.46. The van der Waals surface area contributed by atoms with Crippen LogP contribution in [0.25, 0.3) is 0 Å². The quantitative estimate of drug-likeness (QED) is 0.878. The summed E-state index contributed by atoms with van der Waals surface area (Å²) < 4.78 is 6.18. The van der Waals surface area contributed by atoms with Gasteiger partial charge in [0, 0.05) is 5.92 Å². The van der Waals surface area contributed by atoms with Gasteiger partial charge in [0.05, 0.1) is 12.6 Å². The van der Waals surface area contributed by atoms with Gasteiger partial charge in [-0.25, -0.2) is 0 Å². The molecule has 1 saturated carbocycles. The summed E-state index contributed by atoms with van der Waals surface area (Å²) in [6, 6.07) is 9.21. The molecule has 0 unspecified atom stereocenters. The largest absolute Gasteiger partial charge is 0.353 e. The molecule has 1 aromatic carbocycles. The molecule has 1 spiro atoms. The predicted molar refractivity (Wildman–Crippen MR) is 105 cm³/mol. The van der Waals surface area contributed by atoms with Gasteiger partial charge in [-0.15, -0.1) is 0 Å². The molecule has 1 aromatic rings. The van der Waals surface area contributed by atoms with Crippen molar-refractivity contribution in [1.82, 2.24) is 10.2 Å². The minimum atomic E-state index is -0.605. The highest BCUT2D eigenvalue weighted by Crippen LogP contribution is 2.43. The molecule has 1 aliphatic carbocycles. The summed E-state index contributed by atoms with van der Waals surface area (Å²) in [7, 11) is 0. The summed E-state index contributed by atoms with van der Waals surface area (Å²) in [5.74, 6) is 0.358. The number of carbonyl (C=O) groups is 2. The van der Waals surface area contributed by atoms with E-state index in [-0.39, 0.29) is 30.4 Å². The Morgan fingerprint density at radius 1 is 1.15 bits per heavy atom. The van der Waals surface area contributed by atoms with Gasteiger partial charge < -0.3 is 10.1 Å². The number of rotatable bonds is 4. The minimum Gasteiger partial charge on any atom is -0.353 e. The van der Waals surface area contributed by atoms with Crippen LogP contribution >= 0.6 is 0 Å². The van der Waals surface area contributed by atoms with E-state index < -0.39 is 11.8 Å². The van der Waals surface area contributed by atoms with Crippen LogP contribution in [0.4, 0.5) is 0 Å². The molecule has 2 aliphatic rings. The number of carbonyl (C=O) groups excluding carboxylic acids is 2. The molecular weight excluding hydrogens is 340 g/mol. The molecule has 3 rings (SSSR count). The summed E-state index contributed by atoms with van der Waals surface area (Å²) in [5.41, 5.74) is 0.443. The van der Waals surface area contributed by atoms with E-state index in [1.165, 1.54) is 0 Å². The second kappa shape index (κ2) is 8.01. The maximum Gasteiger partial charge on any atom is 0.245 e. The van der Waals surface area contributed by atoms with Crippen molar-refractivity contribution < 1.29 is 14.3 Å². The van der Waals surface area contributed by atoms with Crippen molar-refractivity contribution in [3.05, 3.63) is 35.9 Å². The Balaban J connectivity index is 1.78. The molecule has 1 saturated heterocycles. The summed E-state index contributed by atoms with van der Waals surface area (Å²) >= 11 is 0. The lowest BCUT2D eigenvalue weighted by Crippen LogP contribution is -2.58. The van der Waals surface area contributed by atoms with E-state index in [0.29, 0.717) is 5.92 Å². The third kappa shape index (κ3) is 4.03. The molecule has 0 bridgehead atoms. The number of nitrogens with zero attached hydrogens (tertiary/aromatic N) is 1. The maximum absolute atomic E-state index is 13.1. The molecule has 5 heteroatoms. The fraction of sp³-hybridized carbons (Fsp3) is 0.636. The summed E-state index contributed by atoms with van der Waals surface area (Å²) in [4.78, 5) is 27.9. The smallest absolute Gasteiger partial charge is 0.245 e. The van der Waals surface area contributed by atoms with Crippen molar-refractivity contribution in [3.63, 3.8) is 0 Å². The van der Waals surface area contributed by atoms with Crippen LogP contribution in [0.2, 0.25) is 0 Å². The van der Waals surface area contributed by atoms with Crippen LogP contribution in [-0.2, 0) is 14.3 Å². The number of nitrogens with one attached hydrogen (secondary N) is 1. The van der Waals surface area contributed by atoms with Crippen molar-refractivity contribution in [2.45, 2.75) is 71.2 Å². The van der Waals surface area contributed by atoms with Crippen LogP contribution in [0.3, 0.4) is 0 Å². The highest BCUT2D eigenvalue weighted by Gasteiger charge is 2.53. The Labute approximate surface area is 162 Å². The Bertz CT molecular complexity index is 665. The third-order valence-electron chi connectivity index (χ3n) is 6.01. The molecular formula is C22H32N2O3. The van der Waals surface area contributed by atoms with Crippen molar-refractivity contribution in [2.24, 2.45) is 11.8 Å². The van der Waals surface area contributed by atoms with Crippen LogP contribution in [-0.4, -0.2) is 35.1 Å². The molecule has 27 heavy (non-hydrogen) atoms. The molecule has 0 aromatic heterocycles. The molecule has 2 atom stereocenters. The van der Waals surface area contributed by atoms with Gasteiger partial charge in [0.15, 0.2) is 0 Å². The van der Waals surface area contributed by atoms with Gasteiger partial charge in [-0.1, -0.05) is 51.1 Å².